The van der Waals surface area contributed by atoms with Gasteiger partial charge in [-0.05, 0) is 45.0 Å². The molecule has 0 fully saturated rings. The van der Waals surface area contributed by atoms with Gasteiger partial charge in [0.2, 0.25) is 10.0 Å². The van der Waals surface area contributed by atoms with Crippen LogP contribution >= 0.6 is 0 Å². The van der Waals surface area contributed by atoms with Gasteiger partial charge in [0.15, 0.2) is 0 Å². The maximum absolute atomic E-state index is 12.9. The minimum atomic E-state index is -3.81. The zero-order valence-corrected chi connectivity index (χ0v) is 18.1. The summed E-state index contributed by atoms with van der Waals surface area (Å²) < 4.78 is 29.7. The van der Waals surface area contributed by atoms with Crippen molar-refractivity contribution < 1.29 is 22.7 Å². The number of hydrogen-bond acceptors (Lipinski definition) is 6. The summed E-state index contributed by atoms with van der Waals surface area (Å²) in [5.41, 5.74) is 1.53. The molecule has 3 N–H and O–H groups in total. The molecule has 2 aromatic rings. The summed E-state index contributed by atoms with van der Waals surface area (Å²) in [6.07, 6.45) is 0.0700. The molecular weight excluding hydrogens is 410 g/mol. The largest absolute Gasteiger partial charge is 0.444 e. The molecule has 0 radical (unpaired) electrons. The van der Waals surface area contributed by atoms with Crippen LogP contribution in [0.5, 0.6) is 0 Å². The van der Waals surface area contributed by atoms with Crippen LogP contribution in [0.15, 0.2) is 29.2 Å². The fourth-order valence-corrected chi connectivity index (χ4v) is 3.70. The quantitative estimate of drug-likeness (QED) is 0.752. The fourth-order valence-electron chi connectivity index (χ4n) is 3.19. The van der Waals surface area contributed by atoms with Crippen LogP contribution in [0.2, 0.25) is 0 Å². The van der Waals surface area contributed by atoms with E-state index in [1.807, 2.05) is 0 Å². The lowest BCUT2D eigenvalue weighted by molar-refractivity contribution is 0.0222. The van der Waals surface area contributed by atoms with Crippen molar-refractivity contribution in [3.8, 4) is 0 Å². The normalized spacial score (nSPS) is 14.2. The van der Waals surface area contributed by atoms with Gasteiger partial charge in [-0.1, -0.05) is 0 Å². The van der Waals surface area contributed by atoms with Crippen molar-refractivity contribution in [3.05, 3.63) is 41.2 Å². The Labute approximate surface area is 175 Å². The number of rotatable bonds is 3. The molecule has 2 amide bonds. The van der Waals surface area contributed by atoms with Crippen molar-refractivity contribution >= 4 is 27.7 Å². The van der Waals surface area contributed by atoms with Crippen LogP contribution in [0.1, 0.15) is 42.5 Å². The molecule has 1 aromatic carbocycles. The smallest absolute Gasteiger partial charge is 0.410 e. The molecule has 1 aliphatic heterocycles. The van der Waals surface area contributed by atoms with E-state index < -0.39 is 27.6 Å². The Balaban J connectivity index is 1.80. The zero-order valence-electron chi connectivity index (χ0n) is 17.3. The molecule has 30 heavy (non-hydrogen) atoms. The predicted octanol–water partition coefficient (Wildman–Crippen LogP) is 1.61. The SMILES string of the molecule is Cn1nc2c(c1C(=O)Nc1ccc(S(N)(=O)=O)cc1)CN(C(=O)OC(C)(C)C)CC2. The number of aryl methyl sites for hydroxylation is 1. The van der Waals surface area contributed by atoms with Crippen molar-refractivity contribution in [1.82, 2.24) is 14.7 Å². The molecule has 0 saturated heterocycles. The number of hydrogen-bond donors (Lipinski definition) is 2. The number of fused-ring (bicyclic) bond motifs is 1. The van der Waals surface area contributed by atoms with Gasteiger partial charge in [-0.25, -0.2) is 18.4 Å². The van der Waals surface area contributed by atoms with Crippen molar-refractivity contribution in [1.29, 1.82) is 0 Å². The number of aromatic nitrogens is 2. The highest BCUT2D eigenvalue weighted by atomic mass is 32.2. The molecule has 0 spiro atoms. The average molecular weight is 436 g/mol. The Morgan fingerprint density at radius 1 is 1.20 bits per heavy atom. The number of nitrogens with two attached hydrogens (primary N) is 1. The second-order valence-corrected chi connectivity index (χ2v) is 9.63. The highest BCUT2D eigenvalue weighted by Gasteiger charge is 2.31. The summed E-state index contributed by atoms with van der Waals surface area (Å²) in [5, 5.41) is 12.2. The van der Waals surface area contributed by atoms with Gasteiger partial charge < -0.3 is 15.0 Å². The third-order valence-electron chi connectivity index (χ3n) is 4.50. The topological polar surface area (TPSA) is 137 Å². The number of nitrogens with zero attached hydrogens (tertiary/aromatic N) is 3. The van der Waals surface area contributed by atoms with E-state index in [4.69, 9.17) is 9.88 Å². The Hall–Kier alpha value is -2.92. The van der Waals surface area contributed by atoms with Crippen molar-refractivity contribution in [2.45, 2.75) is 44.2 Å². The molecule has 0 unspecified atom stereocenters. The molecule has 3 rings (SSSR count). The monoisotopic (exact) mass is 435 g/mol. The fraction of sp³-hybridized carbons (Fsp3) is 0.421. The Kier molecular flexibility index (Phi) is 5.61. The third-order valence-corrected chi connectivity index (χ3v) is 5.43. The molecule has 11 heteroatoms. The number of anilines is 1. The number of amides is 2. The molecule has 162 valence electrons. The van der Waals surface area contributed by atoms with Gasteiger partial charge >= 0.3 is 6.09 Å². The minimum absolute atomic E-state index is 0.0496. The lowest BCUT2D eigenvalue weighted by atomic mass is 10.1. The highest BCUT2D eigenvalue weighted by Crippen LogP contribution is 2.24. The van der Waals surface area contributed by atoms with Crippen molar-refractivity contribution in [2.24, 2.45) is 12.2 Å². The van der Waals surface area contributed by atoms with Gasteiger partial charge in [0.25, 0.3) is 5.91 Å². The first-order valence-corrected chi connectivity index (χ1v) is 10.9. The van der Waals surface area contributed by atoms with Crippen LogP contribution in [-0.4, -0.2) is 47.2 Å². The van der Waals surface area contributed by atoms with Gasteiger partial charge in [-0.15, -0.1) is 0 Å². The van der Waals surface area contributed by atoms with Crippen LogP contribution < -0.4 is 10.5 Å². The van der Waals surface area contributed by atoms with E-state index in [-0.39, 0.29) is 11.4 Å². The first-order chi connectivity index (χ1) is 13.8. The van der Waals surface area contributed by atoms with Gasteiger partial charge in [-0.2, -0.15) is 5.10 Å². The lowest BCUT2D eigenvalue weighted by Gasteiger charge is -2.29. The van der Waals surface area contributed by atoms with E-state index in [0.29, 0.717) is 29.9 Å². The first kappa shape index (κ1) is 21.8. The van der Waals surface area contributed by atoms with E-state index in [1.54, 1.807) is 32.7 Å². The summed E-state index contributed by atoms with van der Waals surface area (Å²) in [7, 11) is -2.15. The van der Waals surface area contributed by atoms with Crippen LogP contribution in [-0.2, 0) is 34.8 Å². The Morgan fingerprint density at radius 3 is 2.40 bits per heavy atom. The average Bonchev–Trinajstić information content (AvgIpc) is 2.94. The third kappa shape index (κ3) is 4.79. The van der Waals surface area contributed by atoms with Gasteiger partial charge in [0, 0.05) is 31.3 Å². The van der Waals surface area contributed by atoms with Gasteiger partial charge in [-0.3, -0.25) is 9.48 Å². The summed E-state index contributed by atoms with van der Waals surface area (Å²) >= 11 is 0. The summed E-state index contributed by atoms with van der Waals surface area (Å²) in [5.74, 6) is -0.416. The lowest BCUT2D eigenvalue weighted by Crippen LogP contribution is -2.40. The Bertz CT molecular complexity index is 1080. The molecule has 1 aromatic heterocycles. The standard InChI is InChI=1S/C19H25N5O5S/c1-19(2,3)29-18(26)24-10-9-15-14(11-24)16(23(4)22-15)17(25)21-12-5-7-13(8-6-12)30(20,27)28/h5-8H,9-11H2,1-4H3,(H,21,25)(H2,20,27,28). The molecule has 10 nitrogen and oxygen atoms in total. The Morgan fingerprint density at radius 2 is 1.83 bits per heavy atom. The van der Waals surface area contributed by atoms with Gasteiger partial charge in [0.1, 0.15) is 11.3 Å². The first-order valence-electron chi connectivity index (χ1n) is 9.32. The predicted molar refractivity (Wildman–Crippen MR) is 109 cm³/mol. The number of ether oxygens (including phenoxy) is 1. The van der Waals surface area contributed by atoms with E-state index in [2.05, 4.69) is 10.4 Å². The molecule has 2 heterocycles. The van der Waals surface area contributed by atoms with Gasteiger partial charge in [0.05, 0.1) is 17.1 Å². The second kappa shape index (κ2) is 7.73. The van der Waals surface area contributed by atoms with Crippen LogP contribution in [0.25, 0.3) is 0 Å². The summed E-state index contributed by atoms with van der Waals surface area (Å²) in [6, 6.07) is 5.53. The van der Waals surface area contributed by atoms with Crippen LogP contribution in [0.4, 0.5) is 10.5 Å². The highest BCUT2D eigenvalue weighted by molar-refractivity contribution is 7.89. The number of nitrogens with one attached hydrogen (secondary N) is 1. The second-order valence-electron chi connectivity index (χ2n) is 8.07. The number of carbonyl (C=O) groups is 2. The maximum atomic E-state index is 12.9. The maximum Gasteiger partial charge on any atom is 0.410 e. The van der Waals surface area contributed by atoms with Crippen molar-refractivity contribution in [2.75, 3.05) is 11.9 Å². The molecule has 0 aliphatic carbocycles. The molecule has 1 aliphatic rings. The number of benzene rings is 1. The number of primary sulfonamides is 1. The molecular formula is C19H25N5O5S. The van der Waals surface area contributed by atoms with E-state index >= 15 is 0 Å². The number of carbonyl (C=O) groups excluding carboxylic acids is 2. The van der Waals surface area contributed by atoms with E-state index in [1.165, 1.54) is 28.9 Å². The summed E-state index contributed by atoms with van der Waals surface area (Å²) in [6.45, 7) is 6.05. The molecule has 0 atom stereocenters. The van der Waals surface area contributed by atoms with Crippen molar-refractivity contribution in [3.63, 3.8) is 0 Å². The van der Waals surface area contributed by atoms with E-state index in [9.17, 15) is 18.0 Å². The van der Waals surface area contributed by atoms with Crippen LogP contribution in [0.3, 0.4) is 0 Å². The number of sulfonamides is 1. The zero-order chi connectivity index (χ0) is 22.3. The summed E-state index contributed by atoms with van der Waals surface area (Å²) in [4.78, 5) is 26.8. The van der Waals surface area contributed by atoms with Crippen LogP contribution in [0, 0.1) is 0 Å². The molecule has 0 bridgehead atoms. The minimum Gasteiger partial charge on any atom is -0.444 e. The molecule has 0 saturated carbocycles. The van der Waals surface area contributed by atoms with E-state index in [0.717, 1.165) is 5.69 Å².